The summed E-state index contributed by atoms with van der Waals surface area (Å²) in [6.45, 7) is 3.42. The summed E-state index contributed by atoms with van der Waals surface area (Å²) in [6, 6.07) is 4.24. The van der Waals surface area contributed by atoms with Crippen LogP contribution in [0, 0.1) is 0 Å². The quantitative estimate of drug-likeness (QED) is 0.883. The molecule has 0 bridgehead atoms. The number of alkyl halides is 3. The highest BCUT2D eigenvalue weighted by Crippen LogP contribution is 2.35. The van der Waals surface area contributed by atoms with Crippen LogP contribution in [-0.2, 0) is 12.8 Å². The molecule has 2 nitrogen and oxygen atoms in total. The number of nitrogens with zero attached hydrogens (tertiary/aromatic N) is 1. The Hall–Kier alpha value is -1.23. The maximum atomic E-state index is 12.9. The summed E-state index contributed by atoms with van der Waals surface area (Å²) in [4.78, 5) is 1.83. The van der Waals surface area contributed by atoms with E-state index < -0.39 is 18.3 Å². The van der Waals surface area contributed by atoms with Crippen molar-refractivity contribution in [3.8, 4) is 0 Å². The van der Waals surface area contributed by atoms with E-state index in [9.17, 15) is 13.2 Å². The van der Waals surface area contributed by atoms with Crippen LogP contribution in [-0.4, -0.2) is 18.2 Å². The molecule has 0 saturated heterocycles. The first-order valence-electron chi connectivity index (χ1n) is 6.35. The fraction of sp³-hybridized carbons (Fsp3) is 0.571. The van der Waals surface area contributed by atoms with Gasteiger partial charge in [-0.2, -0.15) is 13.2 Å². The lowest BCUT2D eigenvalue weighted by molar-refractivity contribution is -0.138. The van der Waals surface area contributed by atoms with Gasteiger partial charge in [0.2, 0.25) is 0 Å². The normalized spacial score (nSPS) is 13.4. The fourth-order valence-electron chi connectivity index (χ4n) is 2.05. The topological polar surface area (TPSA) is 23.5 Å². The lowest BCUT2D eigenvalue weighted by atomic mass is 10.0. The van der Waals surface area contributed by atoms with Crippen LogP contribution in [0.25, 0.3) is 0 Å². The van der Waals surface area contributed by atoms with Crippen molar-refractivity contribution in [1.82, 2.24) is 0 Å². The van der Waals surface area contributed by atoms with Gasteiger partial charge in [-0.25, -0.2) is 0 Å². The van der Waals surface area contributed by atoms with Crippen LogP contribution < -0.4 is 4.90 Å². The highest BCUT2D eigenvalue weighted by atomic mass is 19.4. The third-order valence-electron chi connectivity index (χ3n) is 3.34. The number of anilines is 1. The van der Waals surface area contributed by atoms with E-state index in [0.717, 1.165) is 18.9 Å². The minimum Gasteiger partial charge on any atom is -0.392 e. The summed E-state index contributed by atoms with van der Waals surface area (Å²) in [7, 11) is 1.79. The van der Waals surface area contributed by atoms with E-state index in [2.05, 4.69) is 0 Å². The number of rotatable bonds is 5. The minimum absolute atomic E-state index is 0.0900. The monoisotopic (exact) mass is 275 g/mol. The van der Waals surface area contributed by atoms with E-state index >= 15 is 0 Å². The lowest BCUT2D eigenvalue weighted by Gasteiger charge is -2.28. The van der Waals surface area contributed by atoms with Crippen LogP contribution in [0.2, 0.25) is 0 Å². The van der Waals surface area contributed by atoms with Crippen LogP contribution in [0.15, 0.2) is 18.2 Å². The molecular weight excluding hydrogens is 255 g/mol. The second-order valence-electron chi connectivity index (χ2n) is 4.75. The van der Waals surface area contributed by atoms with Crippen molar-refractivity contribution < 1.29 is 18.3 Å². The maximum Gasteiger partial charge on any atom is 0.416 e. The largest absolute Gasteiger partial charge is 0.416 e. The van der Waals surface area contributed by atoms with Gasteiger partial charge in [0, 0.05) is 18.8 Å². The molecule has 0 fully saturated rings. The number of aliphatic hydroxyl groups is 1. The zero-order valence-corrected chi connectivity index (χ0v) is 11.5. The van der Waals surface area contributed by atoms with E-state index in [4.69, 9.17) is 5.11 Å². The van der Waals surface area contributed by atoms with Gasteiger partial charge >= 0.3 is 6.18 Å². The average Bonchev–Trinajstić information content (AvgIpc) is 2.36. The molecule has 0 amide bonds. The van der Waals surface area contributed by atoms with Gasteiger partial charge in [0.05, 0.1) is 12.2 Å². The van der Waals surface area contributed by atoms with Gasteiger partial charge in [0.15, 0.2) is 0 Å². The van der Waals surface area contributed by atoms with Gasteiger partial charge in [-0.1, -0.05) is 19.4 Å². The van der Waals surface area contributed by atoms with Gasteiger partial charge in [0.1, 0.15) is 0 Å². The van der Waals surface area contributed by atoms with E-state index in [1.165, 1.54) is 6.07 Å². The molecule has 0 radical (unpaired) electrons. The van der Waals surface area contributed by atoms with Crippen molar-refractivity contribution in [2.45, 2.75) is 45.5 Å². The Balaban J connectivity index is 3.11. The Bertz CT molecular complexity index is 418. The first-order valence-corrected chi connectivity index (χ1v) is 6.35. The Morgan fingerprint density at radius 1 is 1.32 bits per heavy atom. The van der Waals surface area contributed by atoms with Crippen molar-refractivity contribution >= 4 is 5.69 Å². The van der Waals surface area contributed by atoms with Gasteiger partial charge in [-0.05, 0) is 31.0 Å². The predicted octanol–water partition coefficient (Wildman–Crippen LogP) is 3.82. The predicted molar refractivity (Wildman–Crippen MR) is 70.1 cm³/mol. The van der Waals surface area contributed by atoms with Crippen molar-refractivity contribution in [2.24, 2.45) is 0 Å². The average molecular weight is 275 g/mol. The molecule has 108 valence electrons. The van der Waals surface area contributed by atoms with E-state index in [0.29, 0.717) is 5.69 Å². The number of hydrogen-bond donors (Lipinski definition) is 1. The molecule has 0 spiro atoms. The highest BCUT2D eigenvalue weighted by molar-refractivity contribution is 5.52. The van der Waals surface area contributed by atoms with Gasteiger partial charge < -0.3 is 10.0 Å². The first-order chi connectivity index (χ1) is 8.81. The van der Waals surface area contributed by atoms with E-state index in [-0.39, 0.29) is 11.6 Å². The summed E-state index contributed by atoms with van der Waals surface area (Å²) in [5.74, 6) is 0. The summed E-state index contributed by atoms with van der Waals surface area (Å²) < 4.78 is 38.7. The molecule has 1 N–H and O–H groups in total. The van der Waals surface area contributed by atoms with Crippen LogP contribution in [0.3, 0.4) is 0 Å². The van der Waals surface area contributed by atoms with Gasteiger partial charge in [-0.3, -0.25) is 0 Å². The molecule has 1 unspecified atom stereocenters. The van der Waals surface area contributed by atoms with Crippen molar-refractivity contribution in [3.63, 3.8) is 0 Å². The number of benzene rings is 1. The highest BCUT2D eigenvalue weighted by Gasteiger charge is 2.33. The SMILES string of the molecule is CCCC(C)N(C)c1ccc(CO)c(C(F)(F)F)c1. The Labute approximate surface area is 111 Å². The summed E-state index contributed by atoms with van der Waals surface area (Å²) in [5, 5.41) is 8.99. The molecule has 1 atom stereocenters. The van der Waals surface area contributed by atoms with Gasteiger partial charge in [-0.15, -0.1) is 0 Å². The third-order valence-corrected chi connectivity index (χ3v) is 3.34. The van der Waals surface area contributed by atoms with Crippen LogP contribution in [0.5, 0.6) is 0 Å². The molecule has 0 saturated carbocycles. The molecule has 19 heavy (non-hydrogen) atoms. The zero-order chi connectivity index (χ0) is 14.6. The molecule has 0 aliphatic heterocycles. The molecule has 0 aromatic heterocycles. The van der Waals surface area contributed by atoms with Crippen LogP contribution in [0.1, 0.15) is 37.8 Å². The minimum atomic E-state index is -4.44. The third kappa shape index (κ3) is 3.86. The smallest absolute Gasteiger partial charge is 0.392 e. The van der Waals surface area contributed by atoms with Crippen molar-refractivity contribution in [1.29, 1.82) is 0 Å². The Kier molecular flexibility index (Phi) is 5.23. The number of aliphatic hydroxyl groups excluding tert-OH is 1. The van der Waals surface area contributed by atoms with Gasteiger partial charge in [0.25, 0.3) is 0 Å². The summed E-state index contributed by atoms with van der Waals surface area (Å²) >= 11 is 0. The molecule has 1 rings (SSSR count). The summed E-state index contributed by atoms with van der Waals surface area (Å²) in [6.07, 6.45) is -2.55. The van der Waals surface area contributed by atoms with Crippen molar-refractivity contribution in [3.05, 3.63) is 29.3 Å². The Morgan fingerprint density at radius 2 is 1.95 bits per heavy atom. The second-order valence-corrected chi connectivity index (χ2v) is 4.75. The molecule has 5 heteroatoms. The van der Waals surface area contributed by atoms with Crippen LogP contribution in [0.4, 0.5) is 18.9 Å². The van der Waals surface area contributed by atoms with E-state index in [1.54, 1.807) is 13.1 Å². The summed E-state index contributed by atoms with van der Waals surface area (Å²) in [5.41, 5.74) is -0.332. The maximum absolute atomic E-state index is 12.9. The molecule has 0 aliphatic rings. The number of hydrogen-bond acceptors (Lipinski definition) is 2. The van der Waals surface area contributed by atoms with Crippen LogP contribution >= 0.6 is 0 Å². The number of halogens is 3. The Morgan fingerprint density at radius 3 is 2.42 bits per heavy atom. The molecule has 1 aromatic carbocycles. The lowest BCUT2D eigenvalue weighted by Crippen LogP contribution is -2.29. The van der Waals surface area contributed by atoms with Crippen molar-refractivity contribution in [2.75, 3.05) is 11.9 Å². The van der Waals surface area contributed by atoms with E-state index in [1.807, 2.05) is 18.7 Å². The molecule has 1 aromatic rings. The standard InChI is InChI=1S/C14H20F3NO/c1-4-5-10(2)18(3)12-7-6-11(9-19)13(8-12)14(15,16)17/h6-8,10,19H,4-5,9H2,1-3H3. The molecular formula is C14H20F3NO. The second kappa shape index (κ2) is 6.28. The molecule has 0 heterocycles. The first kappa shape index (κ1) is 15.8. The molecule has 0 aliphatic carbocycles. The fourth-order valence-corrected chi connectivity index (χ4v) is 2.05. The zero-order valence-electron chi connectivity index (χ0n) is 11.5.